The number of nitrogens with one attached hydrogen (secondary N) is 5. The number of carboxylic acid groups (broad SMARTS) is 2. The van der Waals surface area contributed by atoms with E-state index in [0.717, 1.165) is 0 Å². The van der Waals surface area contributed by atoms with E-state index in [-0.39, 0.29) is 24.2 Å². The van der Waals surface area contributed by atoms with Crippen molar-refractivity contribution in [3.63, 3.8) is 0 Å². The lowest BCUT2D eigenvalue weighted by molar-refractivity contribution is -0.159. The van der Waals surface area contributed by atoms with Gasteiger partial charge in [0.25, 0.3) is 5.91 Å². The Morgan fingerprint density at radius 1 is 0.844 bits per heavy atom. The molecule has 0 fully saturated rings. The molecule has 16 nitrogen and oxygen atoms in total. The van der Waals surface area contributed by atoms with E-state index in [1.54, 1.807) is 62.3 Å². The molecule has 0 aliphatic heterocycles. The van der Waals surface area contributed by atoms with Crippen LogP contribution in [0, 0.1) is 11.3 Å². The van der Waals surface area contributed by atoms with Gasteiger partial charge in [-0.25, -0.2) is 25.4 Å². The highest BCUT2D eigenvalue weighted by molar-refractivity contribution is 5.94. The SMILES string of the molecule is CC(C)(C)OC(=O)NNc1ccc(C(=O)NN[C@@H](CC(C(=O)O)C(C)(C)C)C(=O)N[C@@H](CCC(=O)O)C(=O)OC(C)(C)C)cn1. The number of anilines is 1. The fraction of sp³-hybridized carbons (Fsp3) is 0.621. The summed E-state index contributed by atoms with van der Waals surface area (Å²) in [6.07, 6.45) is -0.603. The van der Waals surface area contributed by atoms with Gasteiger partial charge in [0.15, 0.2) is 0 Å². The number of pyridine rings is 1. The molecule has 16 heteroatoms. The summed E-state index contributed by atoms with van der Waals surface area (Å²) in [5.74, 6) is -5.73. The quantitative estimate of drug-likeness (QED) is 0.115. The van der Waals surface area contributed by atoms with Gasteiger partial charge in [0.1, 0.15) is 29.1 Å². The first-order valence-electron chi connectivity index (χ1n) is 14.2. The summed E-state index contributed by atoms with van der Waals surface area (Å²) in [6.45, 7) is 14.9. The van der Waals surface area contributed by atoms with Gasteiger partial charge >= 0.3 is 24.0 Å². The predicted molar refractivity (Wildman–Crippen MR) is 161 cm³/mol. The largest absolute Gasteiger partial charge is 0.481 e. The van der Waals surface area contributed by atoms with E-state index in [1.807, 2.05) is 0 Å². The smallest absolute Gasteiger partial charge is 0.426 e. The van der Waals surface area contributed by atoms with Crippen LogP contribution in [0.5, 0.6) is 0 Å². The first kappa shape index (κ1) is 38.6. The first-order chi connectivity index (χ1) is 20.5. The minimum absolute atomic E-state index is 0.0446. The number of aromatic nitrogens is 1. The maximum atomic E-state index is 13.4. The predicted octanol–water partition coefficient (Wildman–Crippen LogP) is 2.36. The van der Waals surface area contributed by atoms with Gasteiger partial charge in [-0.3, -0.25) is 30.0 Å². The van der Waals surface area contributed by atoms with Crippen molar-refractivity contribution in [1.29, 1.82) is 0 Å². The first-order valence-corrected chi connectivity index (χ1v) is 14.2. The molecule has 1 rings (SSSR count). The van der Waals surface area contributed by atoms with Gasteiger partial charge in [-0.05, 0) is 71.9 Å². The van der Waals surface area contributed by atoms with Gasteiger partial charge < -0.3 is 25.0 Å². The van der Waals surface area contributed by atoms with Crippen LogP contribution < -0.4 is 27.0 Å². The molecule has 3 amide bonds. The monoisotopic (exact) mass is 638 g/mol. The molecule has 0 aliphatic rings. The second-order valence-corrected chi connectivity index (χ2v) is 13.4. The zero-order chi connectivity index (χ0) is 34.8. The summed E-state index contributed by atoms with van der Waals surface area (Å²) >= 11 is 0. The topological polar surface area (TPSA) is 234 Å². The lowest BCUT2D eigenvalue weighted by Crippen LogP contribution is -2.56. The Morgan fingerprint density at radius 3 is 1.91 bits per heavy atom. The standard InChI is InChI=1S/C29H46N6O10/c1-27(2,3)17(24(40)41)14-19(23(39)31-18(11-13-21(36)37)25(42)44-28(4,5)6)32-34-22(38)16-10-12-20(30-15-16)33-35-26(43)45-29(7,8)9/h10,12,15,17-19,32H,11,13-14H2,1-9H3,(H,30,33)(H,31,39)(H,34,38)(H,35,43)(H,36,37)(H,40,41)/t17?,18-,19-/m0/s1. The van der Waals surface area contributed by atoms with Crippen molar-refractivity contribution in [1.82, 2.24) is 26.6 Å². The molecule has 45 heavy (non-hydrogen) atoms. The minimum Gasteiger partial charge on any atom is -0.481 e. The van der Waals surface area contributed by atoms with E-state index in [0.29, 0.717) is 0 Å². The molecule has 1 aromatic heterocycles. The number of ether oxygens (including phenoxy) is 2. The van der Waals surface area contributed by atoms with Gasteiger partial charge in [-0.2, -0.15) is 0 Å². The number of carboxylic acids is 2. The normalized spacial score (nSPS) is 13.8. The van der Waals surface area contributed by atoms with E-state index in [9.17, 15) is 33.9 Å². The minimum atomic E-state index is -1.36. The molecule has 0 radical (unpaired) electrons. The Morgan fingerprint density at radius 2 is 1.44 bits per heavy atom. The highest BCUT2D eigenvalue weighted by atomic mass is 16.6. The summed E-state index contributed by atoms with van der Waals surface area (Å²) in [6, 6.07) is 0.0441. The van der Waals surface area contributed by atoms with Crippen LogP contribution in [0.4, 0.5) is 10.6 Å². The van der Waals surface area contributed by atoms with Crippen molar-refractivity contribution in [2.24, 2.45) is 11.3 Å². The molecular weight excluding hydrogens is 592 g/mol. The molecule has 1 unspecified atom stereocenters. The maximum absolute atomic E-state index is 13.4. The molecule has 1 heterocycles. The number of hydrogen-bond acceptors (Lipinski definition) is 11. The zero-order valence-corrected chi connectivity index (χ0v) is 27.2. The summed E-state index contributed by atoms with van der Waals surface area (Å²) in [7, 11) is 0. The number of nitrogens with zero attached hydrogens (tertiary/aromatic N) is 1. The second-order valence-electron chi connectivity index (χ2n) is 13.4. The summed E-state index contributed by atoms with van der Waals surface area (Å²) in [4.78, 5) is 78.2. The van der Waals surface area contributed by atoms with E-state index < -0.39 is 76.9 Å². The van der Waals surface area contributed by atoms with Gasteiger partial charge in [0.2, 0.25) is 5.91 Å². The van der Waals surface area contributed by atoms with Crippen LogP contribution >= 0.6 is 0 Å². The number of amides is 3. The number of hydrazine groups is 2. The molecule has 0 spiro atoms. The van der Waals surface area contributed by atoms with Gasteiger partial charge in [0.05, 0.1) is 11.5 Å². The highest BCUT2D eigenvalue weighted by Crippen LogP contribution is 2.30. The second kappa shape index (κ2) is 16.0. The molecule has 3 atom stereocenters. The maximum Gasteiger partial charge on any atom is 0.426 e. The van der Waals surface area contributed by atoms with Crippen LogP contribution in [-0.4, -0.2) is 74.3 Å². The highest BCUT2D eigenvalue weighted by Gasteiger charge is 2.37. The zero-order valence-electron chi connectivity index (χ0n) is 27.2. The van der Waals surface area contributed by atoms with Crippen LogP contribution in [0.15, 0.2) is 18.3 Å². The van der Waals surface area contributed by atoms with Gasteiger partial charge in [0, 0.05) is 12.6 Å². The number of rotatable bonds is 14. The van der Waals surface area contributed by atoms with Gasteiger partial charge in [-0.15, -0.1) is 0 Å². The molecule has 0 bridgehead atoms. The van der Waals surface area contributed by atoms with Crippen LogP contribution in [0.1, 0.15) is 91.9 Å². The Bertz CT molecular complexity index is 1220. The average molecular weight is 639 g/mol. The number of hydrogen-bond donors (Lipinski definition) is 7. The summed E-state index contributed by atoms with van der Waals surface area (Å²) < 4.78 is 10.4. The van der Waals surface area contributed by atoms with E-state index in [2.05, 4.69) is 32.0 Å². The van der Waals surface area contributed by atoms with Crippen molar-refractivity contribution in [3.05, 3.63) is 23.9 Å². The van der Waals surface area contributed by atoms with Crippen LogP contribution in [0.3, 0.4) is 0 Å². The number of esters is 1. The molecule has 252 valence electrons. The van der Waals surface area contributed by atoms with Crippen molar-refractivity contribution in [2.75, 3.05) is 5.43 Å². The number of aliphatic carboxylic acids is 2. The summed E-state index contributed by atoms with van der Waals surface area (Å²) in [5, 5.41) is 21.4. The van der Waals surface area contributed by atoms with Crippen molar-refractivity contribution in [3.8, 4) is 0 Å². The Labute approximate surface area is 262 Å². The molecule has 0 aliphatic carbocycles. The molecule has 0 saturated heterocycles. The van der Waals surface area contributed by atoms with E-state index >= 15 is 0 Å². The Hall–Kier alpha value is -4.47. The number of carbonyl (C=O) groups excluding carboxylic acids is 4. The molecule has 7 N–H and O–H groups in total. The molecule has 0 saturated carbocycles. The molecule has 1 aromatic rings. The average Bonchev–Trinajstić information content (AvgIpc) is 2.86. The third kappa shape index (κ3) is 15.2. The van der Waals surface area contributed by atoms with E-state index in [1.165, 1.54) is 18.3 Å². The Kier molecular flexibility index (Phi) is 13.7. The van der Waals surface area contributed by atoms with E-state index in [4.69, 9.17) is 14.6 Å². The van der Waals surface area contributed by atoms with Crippen molar-refractivity contribution < 1.29 is 48.5 Å². The number of carbonyl (C=O) groups is 6. The molecular formula is C29H46N6O10. The van der Waals surface area contributed by atoms with Crippen LogP contribution in [-0.2, 0) is 28.7 Å². The third-order valence-corrected chi connectivity index (χ3v) is 5.86. The fourth-order valence-electron chi connectivity index (χ4n) is 3.70. The summed E-state index contributed by atoms with van der Waals surface area (Å²) in [5.41, 5.74) is 7.35. The van der Waals surface area contributed by atoms with Crippen LogP contribution in [0.25, 0.3) is 0 Å². The van der Waals surface area contributed by atoms with Crippen molar-refractivity contribution >= 4 is 41.6 Å². The lowest BCUT2D eigenvalue weighted by atomic mass is 9.77. The lowest BCUT2D eigenvalue weighted by Gasteiger charge is -2.31. The third-order valence-electron chi connectivity index (χ3n) is 5.86. The molecule has 0 aromatic carbocycles. The van der Waals surface area contributed by atoms with Crippen molar-refractivity contribution in [2.45, 2.75) is 105 Å². The Balaban J connectivity index is 3.11. The van der Waals surface area contributed by atoms with Crippen LogP contribution in [0.2, 0.25) is 0 Å². The van der Waals surface area contributed by atoms with Gasteiger partial charge in [-0.1, -0.05) is 20.8 Å². The fourth-order valence-corrected chi connectivity index (χ4v) is 3.70.